The quantitative estimate of drug-likeness (QED) is 0.730. The second-order valence-electron chi connectivity index (χ2n) is 3.69. The molecule has 0 unspecified atom stereocenters. The second kappa shape index (κ2) is 5.17. The van der Waals surface area contributed by atoms with Gasteiger partial charge in [0, 0.05) is 23.3 Å². The number of halogens is 1. The largest absolute Gasteiger partial charge is 0.299 e. The number of carbonyl (C=O) groups excluding carboxylic acids is 1. The van der Waals surface area contributed by atoms with Gasteiger partial charge in [0.15, 0.2) is 0 Å². The Morgan fingerprint density at radius 1 is 1.71 bits per heavy atom. The highest BCUT2D eigenvalue weighted by Crippen LogP contribution is 2.40. The van der Waals surface area contributed by atoms with Crippen molar-refractivity contribution in [2.45, 2.75) is 19.3 Å². The van der Waals surface area contributed by atoms with Gasteiger partial charge in [0.1, 0.15) is 5.78 Å². The molecule has 1 atom stereocenters. The zero-order valence-corrected chi connectivity index (χ0v) is 10.6. The first-order valence-corrected chi connectivity index (χ1v) is 6.61. The summed E-state index contributed by atoms with van der Waals surface area (Å²) in [5, 5.41) is 0. The van der Waals surface area contributed by atoms with Gasteiger partial charge >= 0.3 is 0 Å². The molecule has 14 heavy (non-hydrogen) atoms. The van der Waals surface area contributed by atoms with E-state index in [1.165, 1.54) is 0 Å². The molecule has 0 aromatic heterocycles. The van der Waals surface area contributed by atoms with E-state index in [1.807, 2.05) is 17.8 Å². The van der Waals surface area contributed by atoms with Gasteiger partial charge < -0.3 is 0 Å². The van der Waals surface area contributed by atoms with Gasteiger partial charge in [-0.15, -0.1) is 6.58 Å². The summed E-state index contributed by atoms with van der Waals surface area (Å²) in [6, 6.07) is 0. The smallest absolute Gasteiger partial charge is 0.141 e. The van der Waals surface area contributed by atoms with Crippen LogP contribution in [-0.4, -0.2) is 17.3 Å². The van der Waals surface area contributed by atoms with Crippen LogP contribution in [0.4, 0.5) is 0 Å². The summed E-state index contributed by atoms with van der Waals surface area (Å²) in [6.07, 6.45) is 4.05. The van der Waals surface area contributed by atoms with Gasteiger partial charge in [0.25, 0.3) is 0 Å². The summed E-state index contributed by atoms with van der Waals surface area (Å²) in [4.78, 5) is 11.9. The van der Waals surface area contributed by atoms with Crippen LogP contribution in [0, 0.1) is 5.41 Å². The van der Waals surface area contributed by atoms with E-state index in [-0.39, 0.29) is 5.41 Å². The van der Waals surface area contributed by atoms with Crippen molar-refractivity contribution in [2.75, 3.05) is 11.5 Å². The van der Waals surface area contributed by atoms with Crippen LogP contribution in [0.3, 0.4) is 0 Å². The first kappa shape index (κ1) is 12.1. The lowest BCUT2D eigenvalue weighted by atomic mass is 9.77. The van der Waals surface area contributed by atoms with Crippen LogP contribution in [0.1, 0.15) is 19.3 Å². The number of rotatable bonds is 4. The van der Waals surface area contributed by atoms with E-state index in [2.05, 4.69) is 29.1 Å². The van der Waals surface area contributed by atoms with Gasteiger partial charge in [-0.25, -0.2) is 0 Å². The van der Waals surface area contributed by atoms with Gasteiger partial charge in [0.05, 0.1) is 0 Å². The molecule has 0 aromatic rings. The van der Waals surface area contributed by atoms with Crippen molar-refractivity contribution in [1.82, 2.24) is 0 Å². The molecule has 0 spiro atoms. The summed E-state index contributed by atoms with van der Waals surface area (Å²) < 4.78 is 0.912. The summed E-state index contributed by atoms with van der Waals surface area (Å²) in [6.45, 7) is 7.57. The third-order valence-corrected chi connectivity index (χ3v) is 4.04. The zero-order valence-electron chi connectivity index (χ0n) is 8.22. The Kier molecular flexibility index (Phi) is 4.45. The predicted octanol–water partition coefficient (Wildman–Crippen LogP) is 3.55. The Balaban J connectivity index is 2.82. The van der Waals surface area contributed by atoms with Crippen molar-refractivity contribution < 1.29 is 4.79 Å². The van der Waals surface area contributed by atoms with Crippen molar-refractivity contribution in [3.05, 3.63) is 23.7 Å². The lowest BCUT2D eigenvalue weighted by Gasteiger charge is -2.34. The molecule has 3 heteroatoms. The van der Waals surface area contributed by atoms with Gasteiger partial charge in [-0.1, -0.05) is 28.6 Å². The van der Waals surface area contributed by atoms with Gasteiger partial charge in [-0.2, -0.15) is 11.8 Å². The van der Waals surface area contributed by atoms with Crippen LogP contribution in [0.25, 0.3) is 0 Å². The molecule has 0 saturated carbocycles. The van der Waals surface area contributed by atoms with E-state index >= 15 is 0 Å². The molecule has 1 aliphatic heterocycles. The molecule has 1 aliphatic rings. The fourth-order valence-electron chi connectivity index (χ4n) is 1.82. The maximum atomic E-state index is 11.9. The van der Waals surface area contributed by atoms with Gasteiger partial charge in [-0.3, -0.25) is 4.79 Å². The molecule has 0 amide bonds. The minimum atomic E-state index is -0.231. The maximum absolute atomic E-state index is 11.9. The molecule has 1 saturated heterocycles. The van der Waals surface area contributed by atoms with E-state index in [0.717, 1.165) is 28.8 Å². The van der Waals surface area contributed by atoms with Crippen molar-refractivity contribution >= 4 is 33.5 Å². The molecule has 1 nitrogen and oxygen atoms in total. The number of Topliss-reactive ketones (excluding diaryl/α,β-unsaturated/α-hetero) is 1. The van der Waals surface area contributed by atoms with Crippen LogP contribution in [0.15, 0.2) is 23.7 Å². The highest BCUT2D eigenvalue weighted by atomic mass is 79.9. The summed E-state index contributed by atoms with van der Waals surface area (Å²) in [5.41, 5.74) is -0.231. The number of allylic oxidation sites excluding steroid dienone is 2. The van der Waals surface area contributed by atoms with E-state index in [1.54, 1.807) is 0 Å². The average molecular weight is 275 g/mol. The summed E-state index contributed by atoms with van der Waals surface area (Å²) in [5.74, 6) is 2.24. The summed E-state index contributed by atoms with van der Waals surface area (Å²) >= 11 is 5.21. The van der Waals surface area contributed by atoms with Crippen molar-refractivity contribution in [3.63, 3.8) is 0 Å². The first-order chi connectivity index (χ1) is 6.60. The van der Waals surface area contributed by atoms with E-state index in [9.17, 15) is 4.79 Å². The molecule has 1 heterocycles. The van der Waals surface area contributed by atoms with Crippen molar-refractivity contribution in [2.24, 2.45) is 5.41 Å². The summed E-state index contributed by atoms with van der Waals surface area (Å²) in [7, 11) is 0. The van der Waals surface area contributed by atoms with E-state index < -0.39 is 0 Å². The third-order valence-electron chi connectivity index (χ3n) is 2.51. The standard InChI is InChI=1S/C11H15BrOS/c1-3-5-11(7-9(2)12)8-14-6-4-10(11)13/h3H,1-2,4-8H2/t11-/m1/s1. The van der Waals surface area contributed by atoms with Crippen LogP contribution in [0.2, 0.25) is 0 Å². The number of thioether (sulfide) groups is 1. The Morgan fingerprint density at radius 2 is 2.43 bits per heavy atom. The SMILES string of the molecule is C=CC[C@@]1(CC(=C)Br)CSCCC1=O. The predicted molar refractivity (Wildman–Crippen MR) is 66.9 cm³/mol. The molecule has 1 fully saturated rings. The average Bonchev–Trinajstić information content (AvgIpc) is 2.09. The second-order valence-corrected chi connectivity index (χ2v) is 5.92. The fraction of sp³-hybridized carbons (Fsp3) is 0.545. The lowest BCUT2D eigenvalue weighted by Crippen LogP contribution is -2.37. The number of ketones is 1. The topological polar surface area (TPSA) is 17.1 Å². The molecule has 0 aliphatic carbocycles. The third kappa shape index (κ3) is 2.74. The van der Waals surface area contributed by atoms with Crippen LogP contribution >= 0.6 is 27.7 Å². The lowest BCUT2D eigenvalue weighted by molar-refractivity contribution is -0.127. The Labute approximate surface area is 98.2 Å². The van der Waals surface area contributed by atoms with Crippen molar-refractivity contribution in [3.8, 4) is 0 Å². The van der Waals surface area contributed by atoms with Crippen molar-refractivity contribution in [1.29, 1.82) is 0 Å². The minimum Gasteiger partial charge on any atom is -0.299 e. The molecular formula is C11H15BrOS. The normalized spacial score (nSPS) is 27.4. The number of hydrogen-bond donors (Lipinski definition) is 0. The van der Waals surface area contributed by atoms with Crippen LogP contribution in [0.5, 0.6) is 0 Å². The van der Waals surface area contributed by atoms with Gasteiger partial charge in [-0.05, 0) is 17.3 Å². The molecule has 78 valence electrons. The molecule has 0 aromatic carbocycles. The molecule has 0 bridgehead atoms. The monoisotopic (exact) mass is 274 g/mol. The molecule has 1 rings (SSSR count). The molecule has 0 N–H and O–H groups in total. The zero-order chi connectivity index (χ0) is 10.6. The Hall–Kier alpha value is -0.0200. The molecule has 0 radical (unpaired) electrons. The van der Waals surface area contributed by atoms with E-state index in [0.29, 0.717) is 12.2 Å². The number of carbonyl (C=O) groups is 1. The van der Waals surface area contributed by atoms with Crippen LogP contribution in [-0.2, 0) is 4.79 Å². The van der Waals surface area contributed by atoms with Gasteiger partial charge in [0.2, 0.25) is 0 Å². The molecular weight excluding hydrogens is 260 g/mol. The fourth-order valence-corrected chi connectivity index (χ4v) is 3.60. The van der Waals surface area contributed by atoms with E-state index in [4.69, 9.17) is 0 Å². The van der Waals surface area contributed by atoms with Crippen LogP contribution < -0.4 is 0 Å². The maximum Gasteiger partial charge on any atom is 0.141 e. The highest BCUT2D eigenvalue weighted by molar-refractivity contribution is 9.11. The highest BCUT2D eigenvalue weighted by Gasteiger charge is 2.38. The number of hydrogen-bond acceptors (Lipinski definition) is 2. The Morgan fingerprint density at radius 3 is 2.93 bits per heavy atom. The first-order valence-electron chi connectivity index (χ1n) is 4.66. The Bertz CT molecular complexity index is 262. The minimum absolute atomic E-state index is 0.231.